The van der Waals surface area contributed by atoms with Gasteiger partial charge in [-0.3, -0.25) is 10.1 Å². The second-order valence-electron chi connectivity index (χ2n) is 8.96. The molecule has 0 aliphatic heterocycles. The van der Waals surface area contributed by atoms with Crippen molar-refractivity contribution in [2.24, 2.45) is 0 Å². The van der Waals surface area contributed by atoms with E-state index in [1.54, 1.807) is 18.5 Å². The largest absolute Gasteiger partial charge is 0.378 e. The predicted molar refractivity (Wildman–Crippen MR) is 139 cm³/mol. The Morgan fingerprint density at radius 1 is 0.857 bits per heavy atom. The van der Waals surface area contributed by atoms with Crippen molar-refractivity contribution in [3.8, 4) is 33.8 Å². The minimum absolute atomic E-state index is 0.297. The molecule has 0 spiro atoms. The van der Waals surface area contributed by atoms with Crippen LogP contribution in [-0.4, -0.2) is 39.2 Å². The van der Waals surface area contributed by atoms with Gasteiger partial charge in [-0.1, -0.05) is 24.3 Å². The normalized spacial score (nSPS) is 11.4. The Bertz CT molecular complexity index is 1710. The van der Waals surface area contributed by atoms with Crippen molar-refractivity contribution < 1.29 is 4.39 Å². The molecule has 0 amide bonds. The molecule has 6 nitrogen and oxygen atoms in total. The van der Waals surface area contributed by atoms with Gasteiger partial charge in [-0.2, -0.15) is 5.10 Å². The number of fused-ring (bicyclic) bond motifs is 2. The summed E-state index contributed by atoms with van der Waals surface area (Å²) in [6, 6.07) is 19.3. The van der Waals surface area contributed by atoms with Crippen LogP contribution in [0.15, 0.2) is 73.1 Å². The Balaban J connectivity index is 1.49. The van der Waals surface area contributed by atoms with Crippen molar-refractivity contribution >= 4 is 27.6 Å². The van der Waals surface area contributed by atoms with Gasteiger partial charge in [-0.15, -0.1) is 0 Å². The van der Waals surface area contributed by atoms with Crippen molar-refractivity contribution in [3.63, 3.8) is 0 Å². The molecule has 172 valence electrons. The van der Waals surface area contributed by atoms with Crippen molar-refractivity contribution in [2.45, 2.75) is 6.92 Å². The molecule has 35 heavy (non-hydrogen) atoms. The number of aromatic nitrogens is 5. The maximum Gasteiger partial charge on any atom is 0.159 e. The van der Waals surface area contributed by atoms with Gasteiger partial charge < -0.3 is 9.88 Å². The van der Waals surface area contributed by atoms with Crippen LogP contribution in [-0.2, 0) is 0 Å². The first-order valence-corrected chi connectivity index (χ1v) is 11.3. The molecule has 7 heteroatoms. The molecule has 2 N–H and O–H groups in total. The van der Waals surface area contributed by atoms with Crippen LogP contribution in [0.3, 0.4) is 0 Å². The van der Waals surface area contributed by atoms with Gasteiger partial charge in [-0.05, 0) is 65.6 Å². The van der Waals surface area contributed by atoms with Gasteiger partial charge >= 0.3 is 0 Å². The molecule has 3 aromatic heterocycles. The van der Waals surface area contributed by atoms with Crippen molar-refractivity contribution in [2.75, 3.05) is 19.0 Å². The average molecular weight is 463 g/mol. The molecule has 0 aliphatic carbocycles. The molecule has 0 bridgehead atoms. The SMILES string of the molecule is Cc1cc(-c2ccc3[nH]nc(-c4nc5c(-c6cccc(F)c6)cncc5[nH]4)c3c2)cc(N(C)C)c1. The predicted octanol–water partition coefficient (Wildman–Crippen LogP) is 6.35. The third-order valence-electron chi connectivity index (χ3n) is 6.23. The van der Waals surface area contributed by atoms with Gasteiger partial charge in [0.1, 0.15) is 11.5 Å². The summed E-state index contributed by atoms with van der Waals surface area (Å²) in [5.41, 5.74) is 9.24. The van der Waals surface area contributed by atoms with Crippen LogP contribution in [0, 0.1) is 12.7 Å². The molecule has 3 heterocycles. The lowest BCUT2D eigenvalue weighted by molar-refractivity contribution is 0.628. The smallest absolute Gasteiger partial charge is 0.159 e. The molecule has 0 radical (unpaired) electrons. The maximum atomic E-state index is 13.9. The van der Waals surface area contributed by atoms with Gasteiger partial charge in [0.05, 0.1) is 22.7 Å². The van der Waals surface area contributed by atoms with E-state index in [0.29, 0.717) is 5.82 Å². The number of aromatic amines is 2. The molecule has 0 saturated carbocycles. The van der Waals surface area contributed by atoms with Crippen LogP contribution in [0.2, 0.25) is 0 Å². The Labute approximate surface area is 201 Å². The van der Waals surface area contributed by atoms with Crippen LogP contribution in [0.25, 0.3) is 55.7 Å². The number of halogens is 1. The molecule has 6 aromatic rings. The van der Waals surface area contributed by atoms with Gasteiger partial charge in [0, 0.05) is 36.9 Å². The topological polar surface area (TPSA) is 73.5 Å². The van der Waals surface area contributed by atoms with Gasteiger partial charge in [-0.25, -0.2) is 9.37 Å². The van der Waals surface area contributed by atoms with E-state index in [1.807, 2.05) is 26.2 Å². The summed E-state index contributed by atoms with van der Waals surface area (Å²) in [4.78, 5) is 14.7. The number of benzene rings is 3. The number of nitrogens with zero attached hydrogens (tertiary/aromatic N) is 4. The van der Waals surface area contributed by atoms with Gasteiger partial charge in [0.2, 0.25) is 0 Å². The fourth-order valence-electron chi connectivity index (χ4n) is 4.47. The summed E-state index contributed by atoms with van der Waals surface area (Å²) in [5, 5.41) is 8.66. The fourth-order valence-corrected chi connectivity index (χ4v) is 4.47. The number of imidazole rings is 1. The Kier molecular flexibility index (Phi) is 4.84. The number of aryl methyl sites for hydroxylation is 1. The molecule has 0 aliphatic rings. The van der Waals surface area contributed by atoms with Crippen LogP contribution >= 0.6 is 0 Å². The van der Waals surface area contributed by atoms with E-state index < -0.39 is 0 Å². The highest BCUT2D eigenvalue weighted by Crippen LogP contribution is 2.34. The summed E-state index contributed by atoms with van der Waals surface area (Å²) in [6.07, 6.45) is 3.44. The highest BCUT2D eigenvalue weighted by Gasteiger charge is 2.16. The molecule has 0 saturated heterocycles. The van der Waals surface area contributed by atoms with E-state index >= 15 is 0 Å². The number of nitrogens with one attached hydrogen (secondary N) is 2. The van der Waals surface area contributed by atoms with Crippen LogP contribution in [0.4, 0.5) is 10.1 Å². The molecular weight excluding hydrogens is 439 g/mol. The van der Waals surface area contributed by atoms with Crippen LogP contribution < -0.4 is 4.90 Å². The number of rotatable bonds is 4. The summed E-state index contributed by atoms with van der Waals surface area (Å²) < 4.78 is 13.9. The summed E-state index contributed by atoms with van der Waals surface area (Å²) in [6.45, 7) is 2.11. The molecule has 3 aromatic carbocycles. The zero-order chi connectivity index (χ0) is 24.1. The monoisotopic (exact) mass is 462 g/mol. The second kappa shape index (κ2) is 8.06. The Morgan fingerprint density at radius 3 is 2.57 bits per heavy atom. The van der Waals surface area contributed by atoms with E-state index in [0.717, 1.165) is 55.6 Å². The van der Waals surface area contributed by atoms with Crippen LogP contribution in [0.5, 0.6) is 0 Å². The lowest BCUT2D eigenvalue weighted by Crippen LogP contribution is -2.08. The number of hydrogen-bond donors (Lipinski definition) is 2. The molecular formula is C28H23FN6. The van der Waals surface area contributed by atoms with Gasteiger partial charge in [0.25, 0.3) is 0 Å². The van der Waals surface area contributed by atoms with Crippen LogP contribution in [0.1, 0.15) is 5.56 Å². The first kappa shape index (κ1) is 21.0. The van der Waals surface area contributed by atoms with Crippen molar-refractivity contribution in [3.05, 3.63) is 84.4 Å². The Hall–Kier alpha value is -4.52. The summed E-state index contributed by atoms with van der Waals surface area (Å²) in [7, 11) is 4.09. The van der Waals surface area contributed by atoms with E-state index in [1.165, 1.54) is 17.7 Å². The zero-order valence-corrected chi connectivity index (χ0v) is 19.6. The highest BCUT2D eigenvalue weighted by molar-refractivity contribution is 5.98. The fraction of sp³-hybridized carbons (Fsp3) is 0.107. The standard InChI is InChI=1S/C28H23FN6/c1-16-9-19(12-21(10-16)35(2)3)17-7-8-24-22(13-17)27(34-33-24)28-31-25-15-30-14-23(26(25)32-28)18-5-4-6-20(29)11-18/h4-15H,1-3H3,(H,31,32)(H,33,34). The average Bonchev–Trinajstić information content (AvgIpc) is 3.47. The van der Waals surface area contributed by atoms with Crippen molar-refractivity contribution in [1.82, 2.24) is 25.1 Å². The van der Waals surface area contributed by atoms with E-state index in [-0.39, 0.29) is 5.82 Å². The third-order valence-corrected chi connectivity index (χ3v) is 6.23. The second-order valence-corrected chi connectivity index (χ2v) is 8.96. The number of H-pyrrole nitrogens is 2. The van der Waals surface area contributed by atoms with E-state index in [2.05, 4.69) is 62.3 Å². The van der Waals surface area contributed by atoms with Gasteiger partial charge in [0.15, 0.2) is 5.82 Å². The molecule has 0 fully saturated rings. The Morgan fingerprint density at radius 2 is 1.74 bits per heavy atom. The molecule has 0 unspecified atom stereocenters. The van der Waals surface area contributed by atoms with E-state index in [4.69, 9.17) is 4.98 Å². The third kappa shape index (κ3) is 3.71. The lowest BCUT2D eigenvalue weighted by Gasteiger charge is -2.15. The highest BCUT2D eigenvalue weighted by atomic mass is 19.1. The molecule has 0 atom stereocenters. The summed E-state index contributed by atoms with van der Waals surface area (Å²) in [5.74, 6) is 0.335. The van der Waals surface area contributed by atoms with E-state index in [9.17, 15) is 4.39 Å². The lowest BCUT2D eigenvalue weighted by atomic mass is 10.00. The number of pyridine rings is 1. The first-order valence-electron chi connectivity index (χ1n) is 11.3. The minimum Gasteiger partial charge on any atom is -0.378 e. The quantitative estimate of drug-likeness (QED) is 0.320. The minimum atomic E-state index is -0.297. The maximum absolute atomic E-state index is 13.9. The number of anilines is 1. The number of hydrogen-bond acceptors (Lipinski definition) is 4. The first-order chi connectivity index (χ1) is 17.0. The zero-order valence-electron chi connectivity index (χ0n) is 19.6. The van der Waals surface area contributed by atoms with Crippen molar-refractivity contribution in [1.29, 1.82) is 0 Å². The summed E-state index contributed by atoms with van der Waals surface area (Å²) >= 11 is 0. The molecule has 6 rings (SSSR count).